The van der Waals surface area contributed by atoms with E-state index in [2.05, 4.69) is 29.1 Å². The molecule has 1 saturated heterocycles. The van der Waals surface area contributed by atoms with Crippen LogP contribution in [0.25, 0.3) is 0 Å². The average molecular weight is 317 g/mol. The van der Waals surface area contributed by atoms with E-state index in [-0.39, 0.29) is 11.7 Å². The molecular formula is C16H23N5O2. The molecule has 7 heteroatoms. The molecule has 23 heavy (non-hydrogen) atoms. The Bertz CT molecular complexity index is 660. The molecule has 0 aliphatic carbocycles. The number of nitrogens with zero attached hydrogens (tertiary/aromatic N) is 5. The quantitative estimate of drug-likeness (QED) is 0.861. The van der Waals surface area contributed by atoms with Gasteiger partial charge in [-0.3, -0.25) is 4.98 Å². The Labute approximate surface area is 136 Å². The van der Waals surface area contributed by atoms with Gasteiger partial charge in [0.25, 0.3) is 0 Å². The lowest BCUT2D eigenvalue weighted by molar-refractivity contribution is -0.227. The van der Waals surface area contributed by atoms with Gasteiger partial charge in [-0.15, -0.1) is 5.10 Å². The molecule has 0 radical (unpaired) electrons. The third kappa shape index (κ3) is 3.68. The lowest BCUT2D eigenvalue weighted by atomic mass is 9.96. The van der Waals surface area contributed by atoms with E-state index in [0.717, 1.165) is 17.1 Å². The summed E-state index contributed by atoms with van der Waals surface area (Å²) in [6.07, 6.45) is 5.23. The fraction of sp³-hybridized carbons (Fsp3) is 0.562. The van der Waals surface area contributed by atoms with Gasteiger partial charge in [-0.05, 0) is 18.6 Å². The minimum atomic E-state index is -0.273. The smallest absolute Gasteiger partial charge is 0.177 e. The van der Waals surface area contributed by atoms with Crippen LogP contribution in [0.15, 0.2) is 24.7 Å². The van der Waals surface area contributed by atoms with E-state index in [1.807, 2.05) is 37.3 Å². The molecule has 7 nitrogen and oxygen atoms in total. The summed E-state index contributed by atoms with van der Waals surface area (Å²) in [5.41, 5.74) is 2.22. The number of aryl methyl sites for hydroxylation is 1. The van der Waals surface area contributed by atoms with Crippen molar-refractivity contribution in [2.24, 2.45) is 5.41 Å². The SMILES string of the molecule is Cc1cnccc1N(C)c1cn(CC2OCC(C)(C)CO2)nn1. The number of pyridine rings is 1. The largest absolute Gasteiger partial charge is 0.350 e. The first-order valence-electron chi connectivity index (χ1n) is 7.72. The Hall–Kier alpha value is -1.99. The molecular weight excluding hydrogens is 294 g/mol. The third-order valence-corrected chi connectivity index (χ3v) is 3.88. The molecule has 0 saturated carbocycles. The third-order valence-electron chi connectivity index (χ3n) is 3.88. The molecule has 1 aliphatic rings. The van der Waals surface area contributed by atoms with Gasteiger partial charge >= 0.3 is 0 Å². The van der Waals surface area contributed by atoms with Crippen molar-refractivity contribution in [3.05, 3.63) is 30.2 Å². The molecule has 2 aromatic rings. The summed E-state index contributed by atoms with van der Waals surface area (Å²) in [5, 5.41) is 8.41. The zero-order valence-electron chi connectivity index (χ0n) is 14.1. The van der Waals surface area contributed by atoms with Gasteiger partial charge in [-0.25, -0.2) is 4.68 Å². The molecule has 0 bridgehead atoms. The predicted octanol–water partition coefficient (Wildman–Crippen LogP) is 2.15. The normalized spacial score (nSPS) is 18.1. The summed E-state index contributed by atoms with van der Waals surface area (Å²) < 4.78 is 13.2. The fourth-order valence-corrected chi connectivity index (χ4v) is 2.48. The van der Waals surface area contributed by atoms with Crippen LogP contribution in [0.1, 0.15) is 19.4 Å². The molecule has 0 aromatic carbocycles. The van der Waals surface area contributed by atoms with Gasteiger partial charge in [0.2, 0.25) is 0 Å². The van der Waals surface area contributed by atoms with Gasteiger partial charge in [0.1, 0.15) is 0 Å². The molecule has 0 atom stereocenters. The Balaban J connectivity index is 1.65. The Kier molecular flexibility index (Phi) is 4.32. The highest BCUT2D eigenvalue weighted by molar-refractivity contribution is 5.61. The van der Waals surface area contributed by atoms with Crippen LogP contribution in [0.2, 0.25) is 0 Å². The van der Waals surface area contributed by atoms with E-state index in [4.69, 9.17) is 9.47 Å². The van der Waals surface area contributed by atoms with E-state index >= 15 is 0 Å². The maximum absolute atomic E-state index is 5.74. The Morgan fingerprint density at radius 1 is 1.35 bits per heavy atom. The summed E-state index contributed by atoms with van der Waals surface area (Å²) in [6.45, 7) is 8.19. The first-order valence-corrected chi connectivity index (χ1v) is 7.72. The predicted molar refractivity (Wildman–Crippen MR) is 86.5 cm³/mol. The number of ether oxygens (including phenoxy) is 2. The summed E-state index contributed by atoms with van der Waals surface area (Å²) >= 11 is 0. The van der Waals surface area contributed by atoms with Crippen LogP contribution in [0.3, 0.4) is 0 Å². The van der Waals surface area contributed by atoms with Crippen LogP contribution in [0.4, 0.5) is 11.5 Å². The second-order valence-corrected chi connectivity index (χ2v) is 6.74. The van der Waals surface area contributed by atoms with E-state index in [9.17, 15) is 0 Å². The maximum Gasteiger partial charge on any atom is 0.177 e. The highest BCUT2D eigenvalue weighted by atomic mass is 16.7. The second kappa shape index (κ2) is 6.25. The zero-order valence-corrected chi connectivity index (χ0v) is 14.1. The molecule has 1 fully saturated rings. The molecule has 0 spiro atoms. The van der Waals surface area contributed by atoms with Crippen molar-refractivity contribution in [3.8, 4) is 0 Å². The highest BCUT2D eigenvalue weighted by Crippen LogP contribution is 2.25. The van der Waals surface area contributed by atoms with Gasteiger partial charge in [-0.2, -0.15) is 0 Å². The molecule has 0 N–H and O–H groups in total. The molecule has 0 amide bonds. The minimum absolute atomic E-state index is 0.0725. The lowest BCUT2D eigenvalue weighted by Gasteiger charge is -2.34. The molecule has 3 heterocycles. The standard InChI is InChI=1S/C16H23N5O2/c1-12-7-17-6-5-13(12)20(4)14-8-21(19-18-14)9-15-22-10-16(2,3)11-23-15/h5-8,15H,9-11H2,1-4H3. The van der Waals surface area contributed by atoms with Crippen molar-refractivity contribution >= 4 is 11.5 Å². The van der Waals surface area contributed by atoms with Crippen molar-refractivity contribution in [1.29, 1.82) is 0 Å². The molecule has 1 aliphatic heterocycles. The molecule has 2 aromatic heterocycles. The van der Waals surface area contributed by atoms with Crippen LogP contribution >= 0.6 is 0 Å². The Morgan fingerprint density at radius 2 is 2.09 bits per heavy atom. The summed E-state index contributed by atoms with van der Waals surface area (Å²) in [4.78, 5) is 6.11. The van der Waals surface area contributed by atoms with Crippen molar-refractivity contribution in [2.45, 2.75) is 33.6 Å². The number of hydrogen-bond donors (Lipinski definition) is 0. The van der Waals surface area contributed by atoms with Crippen molar-refractivity contribution < 1.29 is 9.47 Å². The number of hydrogen-bond acceptors (Lipinski definition) is 6. The monoisotopic (exact) mass is 317 g/mol. The highest BCUT2D eigenvalue weighted by Gasteiger charge is 2.28. The lowest BCUT2D eigenvalue weighted by Crippen LogP contribution is -2.39. The topological polar surface area (TPSA) is 65.3 Å². The van der Waals surface area contributed by atoms with E-state index in [0.29, 0.717) is 19.8 Å². The number of aromatic nitrogens is 4. The first kappa shape index (κ1) is 15.9. The zero-order chi connectivity index (χ0) is 16.4. The van der Waals surface area contributed by atoms with Gasteiger partial charge < -0.3 is 14.4 Å². The van der Waals surface area contributed by atoms with Crippen molar-refractivity contribution in [3.63, 3.8) is 0 Å². The summed E-state index contributed by atoms with van der Waals surface area (Å²) in [5.74, 6) is 0.774. The van der Waals surface area contributed by atoms with Gasteiger partial charge in [0.15, 0.2) is 12.1 Å². The first-order chi connectivity index (χ1) is 10.9. The van der Waals surface area contributed by atoms with Crippen LogP contribution in [0.5, 0.6) is 0 Å². The average Bonchev–Trinajstić information content (AvgIpc) is 2.98. The van der Waals surface area contributed by atoms with Gasteiger partial charge in [0, 0.05) is 30.5 Å². The Morgan fingerprint density at radius 3 is 2.78 bits per heavy atom. The molecule has 3 rings (SSSR count). The number of rotatable bonds is 4. The molecule has 0 unspecified atom stereocenters. The van der Waals surface area contributed by atoms with Crippen LogP contribution in [-0.2, 0) is 16.0 Å². The van der Waals surface area contributed by atoms with Crippen LogP contribution in [0, 0.1) is 12.3 Å². The van der Waals surface area contributed by atoms with Crippen molar-refractivity contribution in [1.82, 2.24) is 20.0 Å². The summed E-state index contributed by atoms with van der Waals surface area (Å²) in [6, 6.07) is 1.96. The van der Waals surface area contributed by atoms with Gasteiger partial charge in [-0.1, -0.05) is 19.1 Å². The van der Waals surface area contributed by atoms with E-state index in [1.165, 1.54) is 0 Å². The van der Waals surface area contributed by atoms with Crippen LogP contribution in [-0.4, -0.2) is 46.5 Å². The van der Waals surface area contributed by atoms with E-state index in [1.54, 1.807) is 10.9 Å². The van der Waals surface area contributed by atoms with Gasteiger partial charge in [0.05, 0.1) is 26.0 Å². The van der Waals surface area contributed by atoms with Crippen molar-refractivity contribution in [2.75, 3.05) is 25.2 Å². The van der Waals surface area contributed by atoms with E-state index < -0.39 is 0 Å². The fourth-order valence-electron chi connectivity index (χ4n) is 2.48. The second-order valence-electron chi connectivity index (χ2n) is 6.74. The number of anilines is 2. The van der Waals surface area contributed by atoms with Crippen LogP contribution < -0.4 is 4.90 Å². The maximum atomic E-state index is 5.74. The molecule has 124 valence electrons. The minimum Gasteiger partial charge on any atom is -0.350 e. The summed E-state index contributed by atoms with van der Waals surface area (Å²) in [7, 11) is 1.97.